The highest BCUT2D eigenvalue weighted by Crippen LogP contribution is 2.20. The molecule has 2 rings (SSSR count). The van der Waals surface area contributed by atoms with E-state index in [2.05, 4.69) is 0 Å². The van der Waals surface area contributed by atoms with Gasteiger partial charge in [0.15, 0.2) is 0 Å². The molecule has 0 amide bonds. The van der Waals surface area contributed by atoms with Crippen LogP contribution in [0.25, 0.3) is 0 Å². The molecule has 0 spiro atoms. The number of rotatable bonds is 3. The number of nitrogen functional groups attached to an aromatic ring is 1. The third-order valence-electron chi connectivity index (χ3n) is 2.49. The number of hydrogen-bond acceptors (Lipinski definition) is 2. The molecule has 0 aliphatic rings. The van der Waals surface area contributed by atoms with Crippen molar-refractivity contribution in [1.82, 2.24) is 0 Å². The molecule has 0 aromatic heterocycles. The van der Waals surface area contributed by atoms with Gasteiger partial charge in [0.05, 0.1) is 10.7 Å². The van der Waals surface area contributed by atoms with Crippen LogP contribution in [0.1, 0.15) is 11.1 Å². The van der Waals surface area contributed by atoms with Gasteiger partial charge in [0.25, 0.3) is 0 Å². The highest BCUT2D eigenvalue weighted by Gasteiger charge is 1.99. The molecule has 0 aliphatic heterocycles. The van der Waals surface area contributed by atoms with Crippen LogP contribution in [0.4, 0.5) is 5.69 Å². The summed E-state index contributed by atoms with van der Waals surface area (Å²) in [6, 6.07) is 13.5. The number of halogens is 1. The number of benzene rings is 2. The van der Waals surface area contributed by atoms with Crippen molar-refractivity contribution in [3.63, 3.8) is 0 Å². The van der Waals surface area contributed by atoms with E-state index in [1.807, 2.05) is 43.3 Å². The Balaban J connectivity index is 2.02. The molecular formula is C14H14ClNO. The standard InChI is InChI=1S/C14H14ClNO/c1-10-2-5-12(6-3-10)17-9-11-4-7-13(15)14(16)8-11/h2-8H,9,16H2,1H3. The zero-order valence-electron chi connectivity index (χ0n) is 9.61. The maximum Gasteiger partial charge on any atom is 0.119 e. The highest BCUT2D eigenvalue weighted by atomic mass is 35.5. The Hall–Kier alpha value is -1.67. The lowest BCUT2D eigenvalue weighted by atomic mass is 10.2. The number of hydrogen-bond donors (Lipinski definition) is 1. The maximum absolute atomic E-state index is 5.85. The van der Waals surface area contributed by atoms with E-state index >= 15 is 0 Å². The first kappa shape index (κ1) is 11.8. The fourth-order valence-corrected chi connectivity index (χ4v) is 1.60. The summed E-state index contributed by atoms with van der Waals surface area (Å²) in [5, 5.41) is 0.573. The van der Waals surface area contributed by atoms with Crippen LogP contribution in [0, 0.1) is 6.92 Å². The van der Waals surface area contributed by atoms with E-state index in [-0.39, 0.29) is 0 Å². The minimum absolute atomic E-state index is 0.491. The van der Waals surface area contributed by atoms with Gasteiger partial charge in [-0.15, -0.1) is 0 Å². The summed E-state index contributed by atoms with van der Waals surface area (Å²) in [5.41, 5.74) is 8.52. The van der Waals surface area contributed by atoms with E-state index in [1.54, 1.807) is 6.07 Å². The van der Waals surface area contributed by atoms with Crippen molar-refractivity contribution in [3.8, 4) is 5.75 Å². The van der Waals surface area contributed by atoms with Crippen molar-refractivity contribution >= 4 is 17.3 Å². The Labute approximate surface area is 106 Å². The minimum Gasteiger partial charge on any atom is -0.489 e. The lowest BCUT2D eigenvalue weighted by Gasteiger charge is -2.07. The monoisotopic (exact) mass is 247 g/mol. The van der Waals surface area contributed by atoms with Crippen LogP contribution < -0.4 is 10.5 Å². The third kappa shape index (κ3) is 3.14. The van der Waals surface area contributed by atoms with E-state index in [9.17, 15) is 0 Å². The smallest absolute Gasteiger partial charge is 0.119 e. The molecule has 0 saturated heterocycles. The minimum atomic E-state index is 0.491. The lowest BCUT2D eigenvalue weighted by Crippen LogP contribution is -1.97. The number of aryl methyl sites for hydroxylation is 1. The average molecular weight is 248 g/mol. The van der Waals surface area contributed by atoms with Gasteiger partial charge < -0.3 is 10.5 Å². The van der Waals surface area contributed by atoms with Gasteiger partial charge in [0.2, 0.25) is 0 Å². The van der Waals surface area contributed by atoms with Gasteiger partial charge in [0.1, 0.15) is 12.4 Å². The Bertz CT molecular complexity index is 508. The number of anilines is 1. The molecule has 0 unspecified atom stereocenters. The summed E-state index contributed by atoms with van der Waals surface area (Å²) >= 11 is 5.85. The molecule has 88 valence electrons. The topological polar surface area (TPSA) is 35.2 Å². The molecule has 2 N–H and O–H groups in total. The molecule has 0 heterocycles. The zero-order valence-corrected chi connectivity index (χ0v) is 10.4. The van der Waals surface area contributed by atoms with Gasteiger partial charge in [-0.1, -0.05) is 35.4 Å². The van der Waals surface area contributed by atoms with Gasteiger partial charge in [-0.25, -0.2) is 0 Å². The molecule has 0 fully saturated rings. The largest absolute Gasteiger partial charge is 0.489 e. The summed E-state index contributed by atoms with van der Waals surface area (Å²) in [6.07, 6.45) is 0. The SMILES string of the molecule is Cc1ccc(OCc2ccc(Cl)c(N)c2)cc1. The maximum atomic E-state index is 5.85. The van der Waals surface area contributed by atoms with E-state index in [1.165, 1.54) is 5.56 Å². The molecule has 0 aliphatic carbocycles. The van der Waals surface area contributed by atoms with Crippen molar-refractivity contribution in [2.24, 2.45) is 0 Å². The van der Waals surface area contributed by atoms with Crippen molar-refractivity contribution in [2.75, 3.05) is 5.73 Å². The van der Waals surface area contributed by atoms with Crippen LogP contribution in [0.2, 0.25) is 5.02 Å². The number of nitrogens with two attached hydrogens (primary N) is 1. The average Bonchev–Trinajstić information content (AvgIpc) is 2.33. The van der Waals surface area contributed by atoms with E-state index in [4.69, 9.17) is 22.1 Å². The Morgan fingerprint density at radius 2 is 1.82 bits per heavy atom. The summed E-state index contributed by atoms with van der Waals surface area (Å²) < 4.78 is 5.64. The first-order valence-corrected chi connectivity index (χ1v) is 5.76. The van der Waals surface area contributed by atoms with Gasteiger partial charge in [0, 0.05) is 0 Å². The van der Waals surface area contributed by atoms with Crippen LogP contribution >= 0.6 is 11.6 Å². The van der Waals surface area contributed by atoms with E-state index in [0.717, 1.165) is 11.3 Å². The molecule has 0 radical (unpaired) electrons. The molecule has 2 nitrogen and oxygen atoms in total. The Morgan fingerprint density at radius 1 is 1.12 bits per heavy atom. The first-order chi connectivity index (χ1) is 8.15. The molecule has 0 saturated carbocycles. The van der Waals surface area contributed by atoms with Crippen LogP contribution in [-0.2, 0) is 6.61 Å². The molecular weight excluding hydrogens is 234 g/mol. The summed E-state index contributed by atoms with van der Waals surface area (Å²) in [4.78, 5) is 0. The molecule has 17 heavy (non-hydrogen) atoms. The van der Waals surface area contributed by atoms with Gasteiger partial charge >= 0.3 is 0 Å². The fraction of sp³-hybridized carbons (Fsp3) is 0.143. The van der Waals surface area contributed by atoms with Gasteiger partial charge in [-0.3, -0.25) is 0 Å². The second-order valence-corrected chi connectivity index (χ2v) is 4.36. The molecule has 0 bridgehead atoms. The number of ether oxygens (including phenoxy) is 1. The van der Waals surface area contributed by atoms with E-state index < -0.39 is 0 Å². The quantitative estimate of drug-likeness (QED) is 0.837. The Kier molecular flexibility index (Phi) is 3.55. The summed E-state index contributed by atoms with van der Waals surface area (Å²) in [6.45, 7) is 2.54. The van der Waals surface area contributed by atoms with Crippen molar-refractivity contribution < 1.29 is 4.74 Å². The van der Waals surface area contributed by atoms with Crippen LogP contribution in [0.15, 0.2) is 42.5 Å². The van der Waals surface area contributed by atoms with E-state index in [0.29, 0.717) is 17.3 Å². The second-order valence-electron chi connectivity index (χ2n) is 3.96. The molecule has 2 aromatic carbocycles. The van der Waals surface area contributed by atoms with Crippen molar-refractivity contribution in [2.45, 2.75) is 13.5 Å². The molecule has 0 atom stereocenters. The van der Waals surface area contributed by atoms with Crippen LogP contribution in [-0.4, -0.2) is 0 Å². The predicted molar refractivity (Wildman–Crippen MR) is 71.4 cm³/mol. The summed E-state index contributed by atoms with van der Waals surface area (Å²) in [5.74, 6) is 0.851. The highest BCUT2D eigenvalue weighted by molar-refractivity contribution is 6.33. The molecule has 3 heteroatoms. The van der Waals surface area contributed by atoms with Crippen molar-refractivity contribution in [1.29, 1.82) is 0 Å². The summed E-state index contributed by atoms with van der Waals surface area (Å²) in [7, 11) is 0. The Morgan fingerprint density at radius 3 is 2.47 bits per heavy atom. The second kappa shape index (κ2) is 5.11. The van der Waals surface area contributed by atoms with Crippen molar-refractivity contribution in [3.05, 3.63) is 58.6 Å². The van der Waals surface area contributed by atoms with Gasteiger partial charge in [-0.05, 0) is 36.8 Å². The molecule has 2 aromatic rings. The predicted octanol–water partition coefficient (Wildman–Crippen LogP) is 3.81. The van der Waals surface area contributed by atoms with Gasteiger partial charge in [-0.2, -0.15) is 0 Å². The first-order valence-electron chi connectivity index (χ1n) is 5.38. The third-order valence-corrected chi connectivity index (χ3v) is 2.83. The lowest BCUT2D eigenvalue weighted by molar-refractivity contribution is 0.306. The fourth-order valence-electron chi connectivity index (χ4n) is 1.48. The van der Waals surface area contributed by atoms with Crippen LogP contribution in [0.5, 0.6) is 5.75 Å². The van der Waals surface area contributed by atoms with Crippen LogP contribution in [0.3, 0.4) is 0 Å². The zero-order chi connectivity index (χ0) is 12.3. The normalized spacial score (nSPS) is 10.2.